The molecule has 4 heteroatoms. The summed E-state index contributed by atoms with van der Waals surface area (Å²) in [5.41, 5.74) is 0. The first-order valence-corrected chi connectivity index (χ1v) is 6.28. The molecule has 0 fully saturated rings. The molecule has 0 aromatic heterocycles. The second-order valence-corrected chi connectivity index (χ2v) is 3.70. The highest BCUT2D eigenvalue weighted by molar-refractivity contribution is 5.69. The van der Waals surface area contributed by atoms with Crippen molar-refractivity contribution in [2.75, 3.05) is 19.8 Å². The number of hydrogen-bond donors (Lipinski definition) is 0. The lowest BCUT2D eigenvalue weighted by molar-refractivity contribution is -0.143. The molecule has 0 N–H and O–H groups in total. The van der Waals surface area contributed by atoms with Gasteiger partial charge in [0.25, 0.3) is 0 Å². The Bertz CT molecular complexity index is 363. The summed E-state index contributed by atoms with van der Waals surface area (Å²) < 4.78 is 15.9. The van der Waals surface area contributed by atoms with Crippen LogP contribution < -0.4 is 9.47 Å². The fraction of sp³-hybridized carbons (Fsp3) is 0.500. The molecule has 0 unspecified atom stereocenters. The van der Waals surface area contributed by atoms with E-state index in [2.05, 4.69) is 0 Å². The van der Waals surface area contributed by atoms with E-state index in [0.29, 0.717) is 31.3 Å². The predicted octanol–water partition coefficient (Wildman–Crippen LogP) is 2.81. The molecule has 1 aromatic rings. The van der Waals surface area contributed by atoms with Crippen LogP contribution in [-0.4, -0.2) is 25.8 Å². The number of hydrogen-bond acceptors (Lipinski definition) is 4. The van der Waals surface area contributed by atoms with Crippen LogP contribution in [0.25, 0.3) is 0 Å². The Kier molecular flexibility index (Phi) is 6.69. The molecule has 4 nitrogen and oxygen atoms in total. The van der Waals surface area contributed by atoms with Gasteiger partial charge in [0, 0.05) is 0 Å². The van der Waals surface area contributed by atoms with Crippen molar-refractivity contribution < 1.29 is 19.0 Å². The first kappa shape index (κ1) is 14.4. The monoisotopic (exact) mass is 252 g/mol. The Labute approximate surface area is 108 Å². The second kappa shape index (κ2) is 8.39. The van der Waals surface area contributed by atoms with Crippen molar-refractivity contribution in [3.8, 4) is 11.5 Å². The van der Waals surface area contributed by atoms with Crippen LogP contribution in [0.5, 0.6) is 11.5 Å². The number of esters is 1. The van der Waals surface area contributed by atoms with E-state index in [1.807, 2.05) is 31.2 Å². The molecular formula is C14H20O4. The molecule has 0 radical (unpaired) electrons. The molecule has 0 aliphatic carbocycles. The minimum atomic E-state index is -0.246. The smallest absolute Gasteiger partial charge is 0.309 e. The lowest BCUT2D eigenvalue weighted by Crippen LogP contribution is -2.10. The normalized spacial score (nSPS) is 9.89. The highest BCUT2D eigenvalue weighted by atomic mass is 16.5. The lowest BCUT2D eigenvalue weighted by Gasteiger charge is -2.11. The van der Waals surface area contributed by atoms with Gasteiger partial charge in [-0.1, -0.05) is 19.1 Å². The highest BCUT2D eigenvalue weighted by Gasteiger charge is 2.06. The zero-order valence-corrected chi connectivity index (χ0v) is 11.0. The van der Waals surface area contributed by atoms with Crippen molar-refractivity contribution in [1.29, 1.82) is 0 Å². The van der Waals surface area contributed by atoms with E-state index in [1.165, 1.54) is 0 Å². The first-order chi connectivity index (χ1) is 8.77. The van der Waals surface area contributed by atoms with Gasteiger partial charge in [-0.3, -0.25) is 4.79 Å². The Hall–Kier alpha value is -1.71. The summed E-state index contributed by atoms with van der Waals surface area (Å²) >= 11 is 0. The van der Waals surface area contributed by atoms with E-state index in [1.54, 1.807) is 6.92 Å². The maximum Gasteiger partial charge on any atom is 0.309 e. The van der Waals surface area contributed by atoms with Crippen molar-refractivity contribution in [2.24, 2.45) is 0 Å². The van der Waals surface area contributed by atoms with Crippen LogP contribution in [0, 0.1) is 0 Å². The van der Waals surface area contributed by atoms with Crippen molar-refractivity contribution in [1.82, 2.24) is 0 Å². The fourth-order valence-corrected chi connectivity index (χ4v) is 1.38. The molecule has 100 valence electrons. The topological polar surface area (TPSA) is 44.8 Å². The molecule has 0 bridgehead atoms. The van der Waals surface area contributed by atoms with Gasteiger partial charge in [0.05, 0.1) is 26.2 Å². The molecule has 0 saturated heterocycles. The molecule has 0 amide bonds. The van der Waals surface area contributed by atoms with Gasteiger partial charge in [0.1, 0.15) is 0 Å². The second-order valence-electron chi connectivity index (χ2n) is 3.70. The molecule has 0 aliphatic heterocycles. The lowest BCUT2D eigenvalue weighted by atomic mass is 10.3. The largest absolute Gasteiger partial charge is 0.490 e. The number of carbonyl (C=O) groups is 1. The summed E-state index contributed by atoms with van der Waals surface area (Å²) in [6.07, 6.45) is 1.19. The molecule has 0 spiro atoms. The predicted molar refractivity (Wildman–Crippen MR) is 69.0 cm³/mol. The zero-order valence-electron chi connectivity index (χ0n) is 11.0. The van der Waals surface area contributed by atoms with E-state index in [4.69, 9.17) is 14.2 Å². The van der Waals surface area contributed by atoms with Crippen LogP contribution in [0.3, 0.4) is 0 Å². The third kappa shape index (κ3) is 5.08. The molecule has 0 aliphatic rings. The third-order valence-electron chi connectivity index (χ3n) is 2.18. The number of benzene rings is 1. The van der Waals surface area contributed by atoms with Crippen molar-refractivity contribution >= 4 is 5.97 Å². The molecular weight excluding hydrogens is 232 g/mol. The van der Waals surface area contributed by atoms with Crippen LogP contribution in [0.2, 0.25) is 0 Å². The maximum atomic E-state index is 11.2. The SMILES string of the molecule is CCCOc1ccccc1OCCC(=O)OCC. The maximum absolute atomic E-state index is 11.2. The first-order valence-electron chi connectivity index (χ1n) is 6.28. The number of carbonyl (C=O) groups excluding carboxylic acids is 1. The quantitative estimate of drug-likeness (QED) is 0.667. The molecule has 1 aromatic carbocycles. The van der Waals surface area contributed by atoms with Gasteiger partial charge in [-0.15, -0.1) is 0 Å². The summed E-state index contributed by atoms with van der Waals surface area (Å²) in [5.74, 6) is 1.13. The molecule has 0 saturated carbocycles. The number of ether oxygens (including phenoxy) is 3. The van der Waals surface area contributed by atoms with Crippen LogP contribution >= 0.6 is 0 Å². The number of para-hydroxylation sites is 2. The molecule has 0 heterocycles. The summed E-state index contributed by atoms with van der Waals surface area (Å²) in [5, 5.41) is 0. The molecule has 0 atom stereocenters. The van der Waals surface area contributed by atoms with Gasteiger partial charge >= 0.3 is 5.97 Å². The van der Waals surface area contributed by atoms with Crippen molar-refractivity contribution in [3.63, 3.8) is 0 Å². The van der Waals surface area contributed by atoms with Crippen LogP contribution in [0.1, 0.15) is 26.7 Å². The standard InChI is InChI=1S/C14H20O4/c1-3-10-17-12-7-5-6-8-13(12)18-11-9-14(15)16-4-2/h5-8H,3-4,9-11H2,1-2H3. The van der Waals surface area contributed by atoms with Gasteiger partial charge < -0.3 is 14.2 Å². The Morgan fingerprint density at radius 1 is 1.06 bits per heavy atom. The molecule has 18 heavy (non-hydrogen) atoms. The van der Waals surface area contributed by atoms with E-state index < -0.39 is 0 Å². The fourth-order valence-electron chi connectivity index (χ4n) is 1.38. The Morgan fingerprint density at radius 2 is 1.67 bits per heavy atom. The van der Waals surface area contributed by atoms with Crippen LogP contribution in [-0.2, 0) is 9.53 Å². The minimum Gasteiger partial charge on any atom is -0.490 e. The Balaban J connectivity index is 2.43. The average molecular weight is 252 g/mol. The Morgan fingerprint density at radius 3 is 2.22 bits per heavy atom. The zero-order chi connectivity index (χ0) is 13.2. The third-order valence-corrected chi connectivity index (χ3v) is 2.18. The summed E-state index contributed by atoms with van der Waals surface area (Å²) in [6.45, 7) is 5.18. The van der Waals surface area contributed by atoms with E-state index >= 15 is 0 Å². The minimum absolute atomic E-state index is 0.246. The van der Waals surface area contributed by atoms with Gasteiger partial charge in [0.2, 0.25) is 0 Å². The van der Waals surface area contributed by atoms with E-state index in [9.17, 15) is 4.79 Å². The highest BCUT2D eigenvalue weighted by Crippen LogP contribution is 2.26. The van der Waals surface area contributed by atoms with E-state index in [-0.39, 0.29) is 12.4 Å². The van der Waals surface area contributed by atoms with Gasteiger partial charge in [-0.25, -0.2) is 0 Å². The summed E-state index contributed by atoms with van der Waals surface area (Å²) in [4.78, 5) is 11.2. The van der Waals surface area contributed by atoms with Crippen molar-refractivity contribution in [3.05, 3.63) is 24.3 Å². The van der Waals surface area contributed by atoms with Gasteiger partial charge in [-0.05, 0) is 25.5 Å². The van der Waals surface area contributed by atoms with Crippen LogP contribution in [0.15, 0.2) is 24.3 Å². The van der Waals surface area contributed by atoms with Gasteiger partial charge in [-0.2, -0.15) is 0 Å². The number of rotatable bonds is 8. The van der Waals surface area contributed by atoms with Crippen LogP contribution in [0.4, 0.5) is 0 Å². The molecule has 1 rings (SSSR count). The average Bonchev–Trinajstić information content (AvgIpc) is 2.38. The van der Waals surface area contributed by atoms with E-state index in [0.717, 1.165) is 6.42 Å². The summed E-state index contributed by atoms with van der Waals surface area (Å²) in [6, 6.07) is 7.45. The van der Waals surface area contributed by atoms with Gasteiger partial charge in [0.15, 0.2) is 11.5 Å². The summed E-state index contributed by atoms with van der Waals surface area (Å²) in [7, 11) is 0. The van der Waals surface area contributed by atoms with Crippen molar-refractivity contribution in [2.45, 2.75) is 26.7 Å².